The second kappa shape index (κ2) is 6.23. The Kier molecular flexibility index (Phi) is 5.94. The van der Waals surface area contributed by atoms with Gasteiger partial charge >= 0.3 is 5.97 Å². The number of esters is 1. The first-order valence-electron chi connectivity index (χ1n) is 3.51. The summed E-state index contributed by atoms with van der Waals surface area (Å²) in [5, 5.41) is 0. The van der Waals surface area contributed by atoms with Gasteiger partial charge in [0.1, 0.15) is 0 Å². The monoisotopic (exact) mass is 176 g/mol. The van der Waals surface area contributed by atoms with Crippen LogP contribution in [0.15, 0.2) is 11.6 Å². The number of halogens is 1. The van der Waals surface area contributed by atoms with Gasteiger partial charge in [-0.15, -0.1) is 11.6 Å². The molecule has 64 valence electrons. The second-order valence-electron chi connectivity index (χ2n) is 2.31. The molecule has 11 heavy (non-hydrogen) atoms. The minimum Gasteiger partial charge on any atom is -0.466 e. The molecule has 0 saturated carbocycles. The van der Waals surface area contributed by atoms with Crippen molar-refractivity contribution in [3.63, 3.8) is 0 Å². The fourth-order valence-corrected chi connectivity index (χ4v) is 0.812. The predicted molar refractivity (Wildman–Crippen MR) is 45.7 cm³/mol. The molecule has 0 N–H and O–H groups in total. The van der Waals surface area contributed by atoms with Crippen LogP contribution in [0.1, 0.15) is 19.8 Å². The van der Waals surface area contributed by atoms with Crippen LogP contribution in [0.4, 0.5) is 0 Å². The smallest absolute Gasteiger partial charge is 0.330 e. The normalized spacial score (nSPS) is 11.4. The van der Waals surface area contributed by atoms with Crippen molar-refractivity contribution in [2.24, 2.45) is 0 Å². The number of methoxy groups -OCH3 is 1. The molecule has 3 heteroatoms. The molecule has 0 aliphatic heterocycles. The van der Waals surface area contributed by atoms with Crippen LogP contribution >= 0.6 is 11.6 Å². The summed E-state index contributed by atoms with van der Waals surface area (Å²) in [6.07, 6.45) is 3.26. The topological polar surface area (TPSA) is 26.3 Å². The number of hydrogen-bond donors (Lipinski definition) is 0. The molecule has 0 rings (SSSR count). The van der Waals surface area contributed by atoms with E-state index in [0.29, 0.717) is 5.88 Å². The number of rotatable bonds is 4. The van der Waals surface area contributed by atoms with Crippen molar-refractivity contribution in [1.29, 1.82) is 0 Å². The molecule has 0 aliphatic carbocycles. The van der Waals surface area contributed by atoms with Crippen LogP contribution in [0.5, 0.6) is 0 Å². The Morgan fingerprint density at radius 1 is 1.64 bits per heavy atom. The molecule has 0 amide bonds. The Morgan fingerprint density at radius 2 is 2.27 bits per heavy atom. The van der Waals surface area contributed by atoms with E-state index >= 15 is 0 Å². The number of ether oxygens (including phenoxy) is 1. The van der Waals surface area contributed by atoms with Crippen molar-refractivity contribution in [3.05, 3.63) is 11.6 Å². The van der Waals surface area contributed by atoms with E-state index in [1.54, 1.807) is 0 Å². The van der Waals surface area contributed by atoms with E-state index < -0.39 is 0 Å². The first-order chi connectivity index (χ1) is 5.20. The molecule has 0 aromatic heterocycles. The highest BCUT2D eigenvalue weighted by molar-refractivity contribution is 6.17. The van der Waals surface area contributed by atoms with E-state index in [1.807, 2.05) is 6.92 Å². The average Bonchev–Trinajstić information content (AvgIpc) is 2.00. The van der Waals surface area contributed by atoms with Gasteiger partial charge in [0.15, 0.2) is 0 Å². The van der Waals surface area contributed by atoms with Gasteiger partial charge < -0.3 is 4.74 Å². The van der Waals surface area contributed by atoms with Gasteiger partial charge in [0, 0.05) is 12.0 Å². The summed E-state index contributed by atoms with van der Waals surface area (Å²) in [5.74, 6) is 0.337. The molecule has 0 aliphatic rings. The molecule has 2 nitrogen and oxygen atoms in total. The molecule has 0 aromatic rings. The Morgan fingerprint density at radius 3 is 2.73 bits per heavy atom. The Labute approximate surface area is 72.2 Å². The Hall–Kier alpha value is -0.500. The number of allylic oxidation sites excluding steroid dienone is 1. The van der Waals surface area contributed by atoms with Crippen LogP contribution in [0.25, 0.3) is 0 Å². The van der Waals surface area contributed by atoms with Crippen molar-refractivity contribution in [2.45, 2.75) is 19.8 Å². The van der Waals surface area contributed by atoms with Crippen molar-refractivity contribution in [1.82, 2.24) is 0 Å². The molecule has 0 bridgehead atoms. The van der Waals surface area contributed by atoms with Crippen LogP contribution < -0.4 is 0 Å². The van der Waals surface area contributed by atoms with Crippen LogP contribution in [0.3, 0.4) is 0 Å². The highest BCUT2D eigenvalue weighted by Gasteiger charge is 1.95. The molecule has 0 aromatic carbocycles. The quantitative estimate of drug-likeness (QED) is 0.373. The molecule has 0 saturated heterocycles. The maximum Gasteiger partial charge on any atom is 0.330 e. The van der Waals surface area contributed by atoms with Gasteiger partial charge in [0.05, 0.1) is 7.11 Å². The number of carbonyl (C=O) groups is 1. The van der Waals surface area contributed by atoms with E-state index in [1.165, 1.54) is 13.2 Å². The predicted octanol–water partition coefficient (Wildman–Crippen LogP) is 2.12. The summed E-state index contributed by atoms with van der Waals surface area (Å²) >= 11 is 5.47. The van der Waals surface area contributed by atoms with Crippen molar-refractivity contribution >= 4 is 17.6 Å². The minimum absolute atomic E-state index is 0.294. The van der Waals surface area contributed by atoms with Gasteiger partial charge in [0.25, 0.3) is 0 Å². The summed E-state index contributed by atoms with van der Waals surface area (Å²) in [6, 6.07) is 0. The van der Waals surface area contributed by atoms with Crippen LogP contribution in [0.2, 0.25) is 0 Å². The fraction of sp³-hybridized carbons (Fsp3) is 0.625. The van der Waals surface area contributed by atoms with E-state index in [0.717, 1.165) is 18.4 Å². The molecular weight excluding hydrogens is 164 g/mol. The van der Waals surface area contributed by atoms with Crippen molar-refractivity contribution < 1.29 is 9.53 Å². The number of alkyl halides is 1. The average molecular weight is 177 g/mol. The highest BCUT2D eigenvalue weighted by Crippen LogP contribution is 2.04. The molecular formula is C8H13ClO2. The van der Waals surface area contributed by atoms with E-state index in [-0.39, 0.29) is 5.97 Å². The van der Waals surface area contributed by atoms with Gasteiger partial charge in [-0.25, -0.2) is 4.79 Å². The zero-order valence-corrected chi connectivity index (χ0v) is 7.65. The fourth-order valence-electron chi connectivity index (χ4n) is 0.678. The van der Waals surface area contributed by atoms with Gasteiger partial charge in [-0.05, 0) is 19.8 Å². The lowest BCUT2D eigenvalue weighted by Gasteiger charge is -1.97. The lowest BCUT2D eigenvalue weighted by Crippen LogP contribution is -1.96. The maximum absolute atomic E-state index is 10.7. The summed E-state index contributed by atoms with van der Waals surface area (Å²) in [6.45, 7) is 1.89. The van der Waals surface area contributed by atoms with Gasteiger partial charge in [0.2, 0.25) is 0 Å². The summed E-state index contributed by atoms with van der Waals surface area (Å²) in [7, 11) is 1.37. The lowest BCUT2D eigenvalue weighted by atomic mass is 10.2. The molecule has 0 atom stereocenters. The van der Waals surface area contributed by atoms with Gasteiger partial charge in [-0.3, -0.25) is 0 Å². The highest BCUT2D eigenvalue weighted by atomic mass is 35.5. The zero-order valence-electron chi connectivity index (χ0n) is 6.89. The first kappa shape index (κ1) is 10.5. The molecule has 0 unspecified atom stereocenters. The summed E-state index contributed by atoms with van der Waals surface area (Å²) < 4.78 is 4.45. The number of hydrogen-bond acceptors (Lipinski definition) is 2. The van der Waals surface area contributed by atoms with Crippen molar-refractivity contribution in [3.8, 4) is 0 Å². The van der Waals surface area contributed by atoms with Crippen LogP contribution in [0, 0.1) is 0 Å². The minimum atomic E-state index is -0.294. The number of carbonyl (C=O) groups excluding carboxylic acids is 1. The third-order valence-electron chi connectivity index (χ3n) is 1.27. The second-order valence-corrected chi connectivity index (χ2v) is 2.68. The van der Waals surface area contributed by atoms with Gasteiger partial charge in [-0.1, -0.05) is 5.57 Å². The van der Waals surface area contributed by atoms with E-state index in [2.05, 4.69) is 4.74 Å². The Bertz CT molecular complexity index is 152. The standard InChI is InChI=1S/C8H13ClO2/c1-7(4-3-5-9)6-8(10)11-2/h6H,3-5H2,1-2H3/b7-6-. The molecule has 0 radical (unpaired) electrons. The molecule has 0 spiro atoms. The van der Waals surface area contributed by atoms with E-state index in [9.17, 15) is 4.79 Å². The molecule has 0 heterocycles. The zero-order chi connectivity index (χ0) is 8.69. The first-order valence-corrected chi connectivity index (χ1v) is 4.05. The molecule has 0 fully saturated rings. The summed E-state index contributed by atoms with van der Waals surface area (Å²) in [5.41, 5.74) is 1.01. The maximum atomic E-state index is 10.7. The Balaban J connectivity index is 3.70. The SMILES string of the molecule is COC(=O)/C=C(/C)CCCCl. The lowest BCUT2D eigenvalue weighted by molar-refractivity contribution is -0.134. The largest absolute Gasteiger partial charge is 0.466 e. The van der Waals surface area contributed by atoms with Crippen LogP contribution in [-0.4, -0.2) is 19.0 Å². The van der Waals surface area contributed by atoms with Crippen molar-refractivity contribution in [2.75, 3.05) is 13.0 Å². The van der Waals surface area contributed by atoms with Crippen LogP contribution in [-0.2, 0) is 9.53 Å². The third kappa shape index (κ3) is 5.92. The van der Waals surface area contributed by atoms with E-state index in [4.69, 9.17) is 11.6 Å². The summed E-state index contributed by atoms with van der Waals surface area (Å²) in [4.78, 5) is 10.7. The van der Waals surface area contributed by atoms with Gasteiger partial charge in [-0.2, -0.15) is 0 Å². The third-order valence-corrected chi connectivity index (χ3v) is 1.54.